The molecule has 3 nitrogen and oxygen atoms in total. The van der Waals surface area contributed by atoms with E-state index < -0.39 is 0 Å². The SMILES string of the molecule is CC1(NCc2cc(C#N)ccc2F)CCOCC1. The van der Waals surface area contributed by atoms with Gasteiger partial charge in [-0.25, -0.2) is 4.39 Å². The second kappa shape index (κ2) is 5.47. The summed E-state index contributed by atoms with van der Waals surface area (Å²) in [7, 11) is 0. The molecule has 1 N–H and O–H groups in total. The zero-order valence-electron chi connectivity index (χ0n) is 10.5. The van der Waals surface area contributed by atoms with Crippen LogP contribution in [0.3, 0.4) is 0 Å². The Morgan fingerprint density at radius 3 is 2.83 bits per heavy atom. The van der Waals surface area contributed by atoms with E-state index in [0.29, 0.717) is 17.7 Å². The number of rotatable bonds is 3. The van der Waals surface area contributed by atoms with Gasteiger partial charge in [0.25, 0.3) is 0 Å². The molecule has 96 valence electrons. The van der Waals surface area contributed by atoms with Gasteiger partial charge in [0, 0.05) is 30.9 Å². The lowest BCUT2D eigenvalue weighted by Gasteiger charge is -2.34. The molecule has 0 spiro atoms. The predicted molar refractivity (Wildman–Crippen MR) is 66.4 cm³/mol. The number of hydrogen-bond donors (Lipinski definition) is 1. The van der Waals surface area contributed by atoms with E-state index in [1.54, 1.807) is 6.07 Å². The van der Waals surface area contributed by atoms with E-state index in [2.05, 4.69) is 12.2 Å². The normalized spacial score (nSPS) is 18.3. The Morgan fingerprint density at radius 1 is 1.44 bits per heavy atom. The highest BCUT2D eigenvalue weighted by Gasteiger charge is 2.26. The van der Waals surface area contributed by atoms with Gasteiger partial charge in [0.2, 0.25) is 0 Å². The molecular weight excluding hydrogens is 231 g/mol. The monoisotopic (exact) mass is 248 g/mol. The van der Waals surface area contributed by atoms with Gasteiger partial charge in [-0.1, -0.05) is 0 Å². The molecule has 0 aliphatic carbocycles. The lowest BCUT2D eigenvalue weighted by atomic mass is 9.92. The summed E-state index contributed by atoms with van der Waals surface area (Å²) in [5.41, 5.74) is 1.03. The van der Waals surface area contributed by atoms with Crippen LogP contribution in [0, 0.1) is 17.1 Å². The summed E-state index contributed by atoms with van der Waals surface area (Å²) in [6, 6.07) is 6.47. The van der Waals surface area contributed by atoms with Crippen molar-refractivity contribution in [3.63, 3.8) is 0 Å². The average molecular weight is 248 g/mol. The van der Waals surface area contributed by atoms with Crippen molar-refractivity contribution in [2.75, 3.05) is 13.2 Å². The third-order valence-corrected chi connectivity index (χ3v) is 3.48. The van der Waals surface area contributed by atoms with Crippen molar-refractivity contribution in [1.82, 2.24) is 5.32 Å². The Morgan fingerprint density at radius 2 is 2.17 bits per heavy atom. The van der Waals surface area contributed by atoms with E-state index in [0.717, 1.165) is 26.1 Å². The summed E-state index contributed by atoms with van der Waals surface area (Å²) < 4.78 is 18.9. The minimum absolute atomic E-state index is 0.00661. The number of nitrogens with zero attached hydrogens (tertiary/aromatic N) is 1. The molecular formula is C14H17FN2O. The fourth-order valence-electron chi connectivity index (χ4n) is 2.09. The zero-order chi connectivity index (χ0) is 13.0. The van der Waals surface area contributed by atoms with Gasteiger partial charge in [0.1, 0.15) is 5.82 Å². The van der Waals surface area contributed by atoms with Crippen LogP contribution in [0.2, 0.25) is 0 Å². The summed E-state index contributed by atoms with van der Waals surface area (Å²) in [5, 5.41) is 12.2. The molecule has 1 aromatic rings. The zero-order valence-corrected chi connectivity index (χ0v) is 10.5. The van der Waals surface area contributed by atoms with E-state index in [-0.39, 0.29) is 11.4 Å². The summed E-state index contributed by atoms with van der Waals surface area (Å²) in [5.74, 6) is -0.267. The molecule has 0 atom stereocenters. The van der Waals surface area contributed by atoms with E-state index in [1.807, 2.05) is 6.07 Å². The Labute approximate surface area is 107 Å². The van der Waals surface area contributed by atoms with Crippen LogP contribution in [-0.4, -0.2) is 18.8 Å². The fourth-order valence-corrected chi connectivity index (χ4v) is 2.09. The van der Waals surface area contributed by atoms with Gasteiger partial charge < -0.3 is 10.1 Å². The molecule has 0 radical (unpaired) electrons. The van der Waals surface area contributed by atoms with Crippen molar-refractivity contribution in [3.8, 4) is 6.07 Å². The Balaban J connectivity index is 2.03. The highest BCUT2D eigenvalue weighted by Crippen LogP contribution is 2.21. The maximum atomic E-state index is 13.6. The number of benzene rings is 1. The van der Waals surface area contributed by atoms with Crippen molar-refractivity contribution >= 4 is 0 Å². The number of ether oxygens (including phenoxy) is 1. The molecule has 1 heterocycles. The molecule has 1 aliphatic rings. The molecule has 18 heavy (non-hydrogen) atoms. The van der Waals surface area contributed by atoms with Gasteiger partial charge in [-0.05, 0) is 38.0 Å². The molecule has 0 bridgehead atoms. The Hall–Kier alpha value is -1.44. The summed E-state index contributed by atoms with van der Waals surface area (Å²) >= 11 is 0. The first-order valence-corrected chi connectivity index (χ1v) is 6.14. The molecule has 0 aromatic heterocycles. The van der Waals surface area contributed by atoms with Crippen molar-refractivity contribution in [3.05, 3.63) is 35.1 Å². The number of nitriles is 1. The second-order valence-corrected chi connectivity index (χ2v) is 4.94. The number of hydrogen-bond acceptors (Lipinski definition) is 3. The van der Waals surface area contributed by atoms with Gasteiger partial charge in [0.05, 0.1) is 11.6 Å². The van der Waals surface area contributed by atoms with Gasteiger partial charge in [-0.15, -0.1) is 0 Å². The second-order valence-electron chi connectivity index (χ2n) is 4.94. The van der Waals surface area contributed by atoms with Crippen molar-refractivity contribution in [1.29, 1.82) is 5.26 Å². The minimum atomic E-state index is -0.267. The molecule has 0 saturated carbocycles. The highest BCUT2D eigenvalue weighted by molar-refractivity contribution is 5.33. The quantitative estimate of drug-likeness (QED) is 0.893. The van der Waals surface area contributed by atoms with Gasteiger partial charge >= 0.3 is 0 Å². The highest BCUT2D eigenvalue weighted by atomic mass is 19.1. The van der Waals surface area contributed by atoms with Crippen LogP contribution in [0.15, 0.2) is 18.2 Å². The summed E-state index contributed by atoms with van der Waals surface area (Å²) in [6.07, 6.45) is 1.85. The van der Waals surface area contributed by atoms with Crippen molar-refractivity contribution in [2.45, 2.75) is 31.8 Å². The summed E-state index contributed by atoms with van der Waals surface area (Å²) in [6.45, 7) is 4.05. The summed E-state index contributed by atoms with van der Waals surface area (Å²) in [4.78, 5) is 0. The molecule has 0 unspecified atom stereocenters. The van der Waals surface area contributed by atoms with Crippen molar-refractivity contribution < 1.29 is 9.13 Å². The third kappa shape index (κ3) is 3.06. The molecule has 1 aliphatic heterocycles. The van der Waals surface area contributed by atoms with E-state index >= 15 is 0 Å². The Bertz CT molecular complexity index is 461. The average Bonchev–Trinajstić information content (AvgIpc) is 2.39. The first-order chi connectivity index (χ1) is 8.63. The van der Waals surface area contributed by atoms with Gasteiger partial charge in [-0.3, -0.25) is 0 Å². The van der Waals surface area contributed by atoms with Crippen LogP contribution < -0.4 is 5.32 Å². The van der Waals surface area contributed by atoms with Crippen LogP contribution in [-0.2, 0) is 11.3 Å². The molecule has 1 aromatic carbocycles. The first-order valence-electron chi connectivity index (χ1n) is 6.14. The molecule has 4 heteroatoms. The van der Waals surface area contributed by atoms with Crippen LogP contribution in [0.4, 0.5) is 4.39 Å². The van der Waals surface area contributed by atoms with E-state index in [9.17, 15) is 4.39 Å². The van der Waals surface area contributed by atoms with Crippen LogP contribution in [0.5, 0.6) is 0 Å². The smallest absolute Gasteiger partial charge is 0.127 e. The molecule has 1 fully saturated rings. The minimum Gasteiger partial charge on any atom is -0.381 e. The van der Waals surface area contributed by atoms with E-state index in [1.165, 1.54) is 12.1 Å². The van der Waals surface area contributed by atoms with Crippen LogP contribution >= 0.6 is 0 Å². The van der Waals surface area contributed by atoms with Crippen LogP contribution in [0.1, 0.15) is 30.9 Å². The number of nitrogens with one attached hydrogen (secondary N) is 1. The molecule has 1 saturated heterocycles. The largest absolute Gasteiger partial charge is 0.381 e. The fraction of sp³-hybridized carbons (Fsp3) is 0.500. The van der Waals surface area contributed by atoms with Crippen molar-refractivity contribution in [2.24, 2.45) is 0 Å². The standard InChI is InChI=1S/C14H17FN2O/c1-14(4-6-18-7-5-14)17-10-12-8-11(9-16)2-3-13(12)15/h2-3,8,17H,4-7,10H2,1H3. The van der Waals surface area contributed by atoms with Gasteiger partial charge in [-0.2, -0.15) is 5.26 Å². The Kier molecular flexibility index (Phi) is 3.95. The van der Waals surface area contributed by atoms with Gasteiger partial charge in [0.15, 0.2) is 0 Å². The molecule has 2 rings (SSSR count). The molecule has 0 amide bonds. The first kappa shape index (κ1) is 13.0. The number of halogens is 1. The third-order valence-electron chi connectivity index (χ3n) is 3.48. The maximum Gasteiger partial charge on any atom is 0.127 e. The lowest BCUT2D eigenvalue weighted by Crippen LogP contribution is -2.46. The lowest BCUT2D eigenvalue weighted by molar-refractivity contribution is 0.0445. The predicted octanol–water partition coefficient (Wildman–Crippen LogP) is 2.36. The topological polar surface area (TPSA) is 45.0 Å². The maximum absolute atomic E-state index is 13.6. The van der Waals surface area contributed by atoms with E-state index in [4.69, 9.17) is 10.00 Å². The van der Waals surface area contributed by atoms with Crippen LogP contribution in [0.25, 0.3) is 0 Å².